The standard InChI is InChI=1S/C11H15NO3/c1-3-9(13)8-6-5-7-12(8)11(15)10(14)4-2/h4,8H,2-3,5-7H2,1H3/t8-/m0/s1. The molecule has 0 radical (unpaired) electrons. The van der Waals surface area contributed by atoms with Gasteiger partial charge in [-0.2, -0.15) is 0 Å². The third-order valence-corrected chi connectivity index (χ3v) is 2.63. The summed E-state index contributed by atoms with van der Waals surface area (Å²) < 4.78 is 0. The summed E-state index contributed by atoms with van der Waals surface area (Å²) in [5.41, 5.74) is 0. The molecule has 1 fully saturated rings. The molecule has 0 N–H and O–H groups in total. The number of hydrogen-bond donors (Lipinski definition) is 0. The van der Waals surface area contributed by atoms with E-state index >= 15 is 0 Å². The van der Waals surface area contributed by atoms with E-state index in [9.17, 15) is 14.4 Å². The molecule has 0 bridgehead atoms. The van der Waals surface area contributed by atoms with Gasteiger partial charge in [-0.1, -0.05) is 13.5 Å². The Labute approximate surface area is 88.9 Å². The first-order valence-electron chi connectivity index (χ1n) is 5.11. The Morgan fingerprint density at radius 2 is 2.13 bits per heavy atom. The Kier molecular flexibility index (Phi) is 3.77. The molecule has 1 aliphatic rings. The smallest absolute Gasteiger partial charge is 0.294 e. The van der Waals surface area contributed by atoms with E-state index in [2.05, 4.69) is 6.58 Å². The number of likely N-dealkylation sites (tertiary alicyclic amines) is 1. The van der Waals surface area contributed by atoms with Gasteiger partial charge in [-0.05, 0) is 18.9 Å². The van der Waals surface area contributed by atoms with Crippen molar-refractivity contribution in [3.05, 3.63) is 12.7 Å². The summed E-state index contributed by atoms with van der Waals surface area (Å²) in [6.07, 6.45) is 2.85. The summed E-state index contributed by atoms with van der Waals surface area (Å²) in [5, 5.41) is 0. The van der Waals surface area contributed by atoms with Crippen molar-refractivity contribution in [2.24, 2.45) is 0 Å². The van der Waals surface area contributed by atoms with Crippen LogP contribution in [0.4, 0.5) is 0 Å². The minimum absolute atomic E-state index is 0.0257. The molecule has 4 heteroatoms. The summed E-state index contributed by atoms with van der Waals surface area (Å²) in [4.78, 5) is 35.6. The number of amides is 1. The van der Waals surface area contributed by atoms with Crippen molar-refractivity contribution in [3.63, 3.8) is 0 Å². The van der Waals surface area contributed by atoms with E-state index in [-0.39, 0.29) is 5.78 Å². The average Bonchev–Trinajstić information content (AvgIpc) is 2.74. The summed E-state index contributed by atoms with van der Waals surface area (Å²) in [6, 6.07) is -0.397. The number of nitrogens with zero attached hydrogens (tertiary/aromatic N) is 1. The van der Waals surface area contributed by atoms with Crippen LogP contribution in [0.1, 0.15) is 26.2 Å². The summed E-state index contributed by atoms with van der Waals surface area (Å²) in [5.74, 6) is -1.21. The highest BCUT2D eigenvalue weighted by molar-refractivity contribution is 6.40. The van der Waals surface area contributed by atoms with E-state index in [4.69, 9.17) is 0 Å². The second-order valence-corrected chi connectivity index (χ2v) is 3.54. The molecule has 0 saturated carbocycles. The van der Waals surface area contributed by atoms with E-state index < -0.39 is 17.7 Å². The van der Waals surface area contributed by atoms with Gasteiger partial charge in [0.05, 0.1) is 6.04 Å². The molecule has 1 amide bonds. The molecule has 0 aromatic carbocycles. The van der Waals surface area contributed by atoms with Crippen molar-refractivity contribution in [2.45, 2.75) is 32.2 Å². The van der Waals surface area contributed by atoms with E-state index in [0.717, 1.165) is 12.5 Å². The Morgan fingerprint density at radius 3 is 2.67 bits per heavy atom. The van der Waals surface area contributed by atoms with Crippen molar-refractivity contribution in [1.29, 1.82) is 0 Å². The largest absolute Gasteiger partial charge is 0.326 e. The molecule has 0 unspecified atom stereocenters. The maximum atomic E-state index is 11.6. The average molecular weight is 209 g/mol. The molecule has 0 aromatic heterocycles. The van der Waals surface area contributed by atoms with Crippen LogP contribution in [0.2, 0.25) is 0 Å². The van der Waals surface area contributed by atoms with Crippen LogP contribution in [0, 0.1) is 0 Å². The third kappa shape index (κ3) is 2.32. The Balaban J connectivity index is 2.76. The van der Waals surface area contributed by atoms with Crippen molar-refractivity contribution in [3.8, 4) is 0 Å². The highest BCUT2D eigenvalue weighted by Crippen LogP contribution is 2.19. The predicted molar refractivity (Wildman–Crippen MR) is 55.2 cm³/mol. The van der Waals surface area contributed by atoms with Gasteiger partial charge >= 0.3 is 0 Å². The molecule has 1 saturated heterocycles. The van der Waals surface area contributed by atoms with Crippen molar-refractivity contribution in [1.82, 2.24) is 4.90 Å². The van der Waals surface area contributed by atoms with Crippen LogP contribution in [0.15, 0.2) is 12.7 Å². The number of hydrogen-bond acceptors (Lipinski definition) is 3. The molecule has 1 atom stereocenters. The minimum Gasteiger partial charge on any atom is -0.326 e. The summed E-state index contributed by atoms with van der Waals surface area (Å²) in [6.45, 7) is 5.52. The lowest BCUT2D eigenvalue weighted by Gasteiger charge is -2.21. The van der Waals surface area contributed by atoms with Gasteiger partial charge in [0.15, 0.2) is 5.78 Å². The molecule has 0 aromatic rings. The van der Waals surface area contributed by atoms with Crippen molar-refractivity contribution >= 4 is 17.5 Å². The third-order valence-electron chi connectivity index (χ3n) is 2.63. The van der Waals surface area contributed by atoms with E-state index in [0.29, 0.717) is 19.4 Å². The van der Waals surface area contributed by atoms with Gasteiger partial charge in [0, 0.05) is 13.0 Å². The van der Waals surface area contributed by atoms with Gasteiger partial charge in [0.2, 0.25) is 5.78 Å². The normalized spacial score (nSPS) is 20.1. The van der Waals surface area contributed by atoms with E-state index in [1.54, 1.807) is 6.92 Å². The van der Waals surface area contributed by atoms with Crippen LogP contribution in [-0.4, -0.2) is 35.0 Å². The highest BCUT2D eigenvalue weighted by Gasteiger charge is 2.34. The van der Waals surface area contributed by atoms with Crippen LogP contribution < -0.4 is 0 Å². The zero-order valence-electron chi connectivity index (χ0n) is 8.86. The van der Waals surface area contributed by atoms with Gasteiger partial charge < -0.3 is 4.90 Å². The fourth-order valence-corrected chi connectivity index (χ4v) is 1.81. The van der Waals surface area contributed by atoms with Gasteiger partial charge in [-0.15, -0.1) is 0 Å². The lowest BCUT2D eigenvalue weighted by Crippen LogP contribution is -2.43. The number of Topliss-reactive ketones (excluding diaryl/α,β-unsaturated/α-hetero) is 1. The predicted octanol–water partition coefficient (Wildman–Crippen LogP) is 0.712. The second kappa shape index (κ2) is 4.87. The van der Waals surface area contributed by atoms with Gasteiger partial charge in [-0.3, -0.25) is 14.4 Å². The molecular weight excluding hydrogens is 194 g/mol. The molecule has 1 heterocycles. The molecule has 1 rings (SSSR count). The van der Waals surface area contributed by atoms with Crippen LogP contribution in [0.25, 0.3) is 0 Å². The molecule has 82 valence electrons. The fraction of sp³-hybridized carbons (Fsp3) is 0.545. The fourth-order valence-electron chi connectivity index (χ4n) is 1.81. The number of carbonyl (C=O) groups excluding carboxylic acids is 3. The molecule has 4 nitrogen and oxygen atoms in total. The number of ketones is 2. The molecular formula is C11H15NO3. The zero-order valence-corrected chi connectivity index (χ0v) is 8.86. The molecule has 15 heavy (non-hydrogen) atoms. The van der Waals surface area contributed by atoms with Gasteiger partial charge in [0.1, 0.15) is 0 Å². The Hall–Kier alpha value is -1.45. The SMILES string of the molecule is C=CC(=O)C(=O)N1CCC[C@H]1C(=O)CC. The van der Waals surface area contributed by atoms with Crippen LogP contribution in [0.5, 0.6) is 0 Å². The lowest BCUT2D eigenvalue weighted by molar-refractivity contribution is -0.145. The van der Waals surface area contributed by atoms with Crippen LogP contribution in [-0.2, 0) is 14.4 Å². The maximum Gasteiger partial charge on any atom is 0.294 e. The van der Waals surface area contributed by atoms with E-state index in [1.165, 1.54) is 4.90 Å². The minimum atomic E-state index is -0.634. The maximum absolute atomic E-state index is 11.6. The topological polar surface area (TPSA) is 54.5 Å². The quantitative estimate of drug-likeness (QED) is 0.506. The van der Waals surface area contributed by atoms with Crippen LogP contribution >= 0.6 is 0 Å². The zero-order chi connectivity index (χ0) is 11.4. The monoisotopic (exact) mass is 209 g/mol. The lowest BCUT2D eigenvalue weighted by atomic mass is 10.1. The summed E-state index contributed by atoms with van der Waals surface area (Å²) in [7, 11) is 0. The van der Waals surface area contributed by atoms with E-state index in [1.807, 2.05) is 0 Å². The first-order chi connectivity index (χ1) is 7.11. The van der Waals surface area contributed by atoms with Gasteiger partial charge in [0.25, 0.3) is 5.91 Å². The van der Waals surface area contributed by atoms with Crippen molar-refractivity contribution < 1.29 is 14.4 Å². The molecule has 0 aliphatic carbocycles. The molecule has 0 spiro atoms. The Morgan fingerprint density at radius 1 is 1.47 bits per heavy atom. The first kappa shape index (κ1) is 11.6. The van der Waals surface area contributed by atoms with Gasteiger partial charge in [-0.25, -0.2) is 0 Å². The number of carbonyl (C=O) groups is 3. The van der Waals surface area contributed by atoms with Crippen LogP contribution in [0.3, 0.4) is 0 Å². The first-order valence-corrected chi connectivity index (χ1v) is 5.11. The Bertz CT molecular complexity index is 309. The molecule has 1 aliphatic heterocycles. The second-order valence-electron chi connectivity index (χ2n) is 3.54. The summed E-state index contributed by atoms with van der Waals surface area (Å²) >= 11 is 0. The number of rotatable bonds is 4. The van der Waals surface area contributed by atoms with Crippen molar-refractivity contribution in [2.75, 3.05) is 6.54 Å². The highest BCUT2D eigenvalue weighted by atomic mass is 16.2.